The molecule has 0 saturated heterocycles. The van der Waals surface area contributed by atoms with E-state index in [0.29, 0.717) is 5.71 Å². The van der Waals surface area contributed by atoms with Crippen LogP contribution in [0.25, 0.3) is 0 Å². The van der Waals surface area contributed by atoms with Crippen LogP contribution in [-0.2, 0) is 4.79 Å². The summed E-state index contributed by atoms with van der Waals surface area (Å²) in [6.45, 7) is 1.57. The van der Waals surface area contributed by atoms with Gasteiger partial charge in [0.15, 0.2) is 0 Å². The summed E-state index contributed by atoms with van der Waals surface area (Å²) in [5.74, 6) is -1.21. The summed E-state index contributed by atoms with van der Waals surface area (Å²) in [6.07, 6.45) is -0.0267. The highest BCUT2D eigenvalue weighted by atomic mass is 16.3. The fourth-order valence-electron chi connectivity index (χ4n) is 1.16. The first-order chi connectivity index (χ1) is 8.00. The van der Waals surface area contributed by atoms with Gasteiger partial charge in [-0.3, -0.25) is 9.59 Å². The number of rotatable bonds is 4. The highest BCUT2D eigenvalue weighted by molar-refractivity contribution is 6.01. The topological polar surface area (TPSA) is 105 Å². The van der Waals surface area contributed by atoms with Gasteiger partial charge in [0.2, 0.25) is 5.91 Å². The second kappa shape index (κ2) is 5.64. The largest absolute Gasteiger partial charge is 0.507 e. The van der Waals surface area contributed by atoms with E-state index in [1.807, 2.05) is 0 Å². The van der Waals surface area contributed by atoms with Crippen LogP contribution in [0.2, 0.25) is 0 Å². The van der Waals surface area contributed by atoms with Crippen molar-refractivity contribution in [1.29, 1.82) is 0 Å². The number of aromatic hydroxyl groups is 1. The van der Waals surface area contributed by atoms with Crippen LogP contribution < -0.4 is 11.2 Å². The zero-order valence-corrected chi connectivity index (χ0v) is 9.30. The smallest absolute Gasteiger partial charge is 0.275 e. The van der Waals surface area contributed by atoms with Crippen molar-refractivity contribution in [3.8, 4) is 5.75 Å². The van der Waals surface area contributed by atoms with Crippen molar-refractivity contribution >= 4 is 17.5 Å². The number of primary amides is 1. The molecule has 0 spiro atoms. The number of phenolic OH excluding ortho intramolecular Hbond substituents is 1. The van der Waals surface area contributed by atoms with Gasteiger partial charge in [-0.05, 0) is 19.1 Å². The van der Waals surface area contributed by atoms with E-state index in [1.54, 1.807) is 19.1 Å². The molecule has 6 heteroatoms. The number of phenols is 1. The standard InChI is InChI=1S/C11H13N3O3/c1-7(6-10(12)16)13-14-11(17)8-4-2-3-5-9(8)15/h2-5,15H,6H2,1H3,(H2,12,16)(H,14,17). The molecule has 1 rings (SSSR count). The van der Waals surface area contributed by atoms with E-state index in [1.165, 1.54) is 12.1 Å². The number of carbonyl (C=O) groups excluding carboxylic acids is 2. The molecule has 0 aliphatic rings. The number of nitrogens with two attached hydrogens (primary N) is 1. The molecule has 1 aromatic carbocycles. The summed E-state index contributed by atoms with van der Waals surface area (Å²) in [6, 6.07) is 6.08. The SMILES string of the molecule is CC(CC(N)=O)=NNC(=O)c1ccccc1O. The van der Waals surface area contributed by atoms with Crippen LogP contribution in [0.5, 0.6) is 5.75 Å². The molecule has 4 N–H and O–H groups in total. The number of hydrogen-bond acceptors (Lipinski definition) is 4. The number of amides is 2. The minimum atomic E-state index is -0.549. The molecule has 0 radical (unpaired) electrons. The first-order valence-electron chi connectivity index (χ1n) is 4.90. The van der Waals surface area contributed by atoms with Crippen molar-refractivity contribution in [2.45, 2.75) is 13.3 Å². The van der Waals surface area contributed by atoms with Crippen molar-refractivity contribution in [2.24, 2.45) is 10.8 Å². The molecule has 0 heterocycles. The number of nitrogens with zero attached hydrogens (tertiary/aromatic N) is 1. The molecule has 0 aliphatic carbocycles. The fraction of sp³-hybridized carbons (Fsp3) is 0.182. The zero-order chi connectivity index (χ0) is 12.8. The Kier molecular flexibility index (Phi) is 4.21. The molecule has 6 nitrogen and oxygen atoms in total. The summed E-state index contributed by atoms with van der Waals surface area (Å²) in [7, 11) is 0. The minimum Gasteiger partial charge on any atom is -0.507 e. The maximum absolute atomic E-state index is 11.6. The third-order valence-electron chi connectivity index (χ3n) is 1.93. The molecule has 0 unspecified atom stereocenters. The molecule has 0 aromatic heterocycles. The molecule has 17 heavy (non-hydrogen) atoms. The number of carbonyl (C=O) groups is 2. The minimum absolute atomic E-state index is 0.0267. The van der Waals surface area contributed by atoms with Gasteiger partial charge in [-0.15, -0.1) is 0 Å². The van der Waals surface area contributed by atoms with Gasteiger partial charge in [0.05, 0.1) is 12.0 Å². The monoisotopic (exact) mass is 235 g/mol. The highest BCUT2D eigenvalue weighted by Gasteiger charge is 2.09. The molecular formula is C11H13N3O3. The van der Waals surface area contributed by atoms with Gasteiger partial charge < -0.3 is 10.8 Å². The molecular weight excluding hydrogens is 222 g/mol. The maximum atomic E-state index is 11.6. The van der Waals surface area contributed by atoms with E-state index >= 15 is 0 Å². The van der Waals surface area contributed by atoms with Gasteiger partial charge in [0, 0.05) is 5.71 Å². The molecule has 1 aromatic rings. The lowest BCUT2D eigenvalue weighted by Crippen LogP contribution is -2.21. The van der Waals surface area contributed by atoms with E-state index in [9.17, 15) is 14.7 Å². The molecule has 0 saturated carbocycles. The quantitative estimate of drug-likeness (QED) is 0.518. The van der Waals surface area contributed by atoms with Crippen LogP contribution in [0.1, 0.15) is 23.7 Å². The summed E-state index contributed by atoms with van der Waals surface area (Å²) in [5.41, 5.74) is 7.69. The van der Waals surface area contributed by atoms with Crippen molar-refractivity contribution in [3.05, 3.63) is 29.8 Å². The lowest BCUT2D eigenvalue weighted by molar-refractivity contribution is -0.116. The lowest BCUT2D eigenvalue weighted by Gasteiger charge is -2.03. The average molecular weight is 235 g/mol. The Bertz CT molecular complexity index is 469. The Hall–Kier alpha value is -2.37. The van der Waals surface area contributed by atoms with Crippen LogP contribution in [0.3, 0.4) is 0 Å². The lowest BCUT2D eigenvalue weighted by atomic mass is 10.2. The van der Waals surface area contributed by atoms with Crippen LogP contribution in [-0.4, -0.2) is 22.6 Å². The molecule has 2 amide bonds. The van der Waals surface area contributed by atoms with Gasteiger partial charge in [-0.1, -0.05) is 12.1 Å². The molecule has 90 valence electrons. The number of benzene rings is 1. The van der Waals surface area contributed by atoms with Crippen LogP contribution in [0.4, 0.5) is 0 Å². The molecule has 0 aliphatic heterocycles. The summed E-state index contributed by atoms with van der Waals surface area (Å²) >= 11 is 0. The van der Waals surface area contributed by atoms with Gasteiger partial charge in [-0.25, -0.2) is 5.43 Å². The second-order valence-corrected chi connectivity index (χ2v) is 3.45. The predicted octanol–water partition coefficient (Wildman–Crippen LogP) is 0.373. The number of para-hydroxylation sites is 1. The Morgan fingerprint density at radius 3 is 2.65 bits per heavy atom. The average Bonchev–Trinajstić information content (AvgIpc) is 2.25. The second-order valence-electron chi connectivity index (χ2n) is 3.45. The summed E-state index contributed by atoms with van der Waals surface area (Å²) in [4.78, 5) is 22.1. The zero-order valence-electron chi connectivity index (χ0n) is 9.30. The van der Waals surface area contributed by atoms with Gasteiger partial charge in [-0.2, -0.15) is 5.10 Å². The Balaban J connectivity index is 2.68. The van der Waals surface area contributed by atoms with Gasteiger partial charge >= 0.3 is 0 Å². The Morgan fingerprint density at radius 1 is 1.41 bits per heavy atom. The predicted molar refractivity (Wildman–Crippen MR) is 62.5 cm³/mol. The van der Waals surface area contributed by atoms with Gasteiger partial charge in [0.1, 0.15) is 5.75 Å². The number of nitrogens with one attached hydrogen (secondary N) is 1. The summed E-state index contributed by atoms with van der Waals surface area (Å²) < 4.78 is 0. The van der Waals surface area contributed by atoms with E-state index in [0.717, 1.165) is 0 Å². The maximum Gasteiger partial charge on any atom is 0.275 e. The normalized spacial score (nSPS) is 11.0. The van der Waals surface area contributed by atoms with Crippen molar-refractivity contribution in [3.63, 3.8) is 0 Å². The third-order valence-corrected chi connectivity index (χ3v) is 1.93. The highest BCUT2D eigenvalue weighted by Crippen LogP contribution is 2.14. The van der Waals surface area contributed by atoms with Gasteiger partial charge in [0.25, 0.3) is 5.91 Å². The Labute approximate surface area is 98.1 Å². The Morgan fingerprint density at radius 2 is 2.06 bits per heavy atom. The first kappa shape index (κ1) is 12.7. The van der Waals surface area contributed by atoms with Crippen molar-refractivity contribution < 1.29 is 14.7 Å². The van der Waals surface area contributed by atoms with E-state index in [-0.39, 0.29) is 17.7 Å². The third kappa shape index (κ3) is 3.94. The first-order valence-corrected chi connectivity index (χ1v) is 4.90. The van der Waals surface area contributed by atoms with E-state index < -0.39 is 11.8 Å². The van der Waals surface area contributed by atoms with E-state index in [4.69, 9.17) is 5.73 Å². The van der Waals surface area contributed by atoms with Crippen molar-refractivity contribution in [2.75, 3.05) is 0 Å². The number of hydrogen-bond donors (Lipinski definition) is 3. The van der Waals surface area contributed by atoms with Crippen LogP contribution in [0.15, 0.2) is 29.4 Å². The fourth-order valence-corrected chi connectivity index (χ4v) is 1.16. The molecule has 0 atom stereocenters. The van der Waals surface area contributed by atoms with Crippen LogP contribution >= 0.6 is 0 Å². The number of hydrazone groups is 1. The molecule has 0 bridgehead atoms. The summed E-state index contributed by atoms with van der Waals surface area (Å²) in [5, 5.41) is 13.1. The van der Waals surface area contributed by atoms with E-state index in [2.05, 4.69) is 10.5 Å². The van der Waals surface area contributed by atoms with Crippen LogP contribution in [0, 0.1) is 0 Å². The van der Waals surface area contributed by atoms with Crippen molar-refractivity contribution in [1.82, 2.24) is 5.43 Å². The molecule has 0 fully saturated rings.